The standard InChI is InChI=1S/C12H13N3O2/c1-2-15(13)12(17)9-7-14-10-6-4-3-5-8(10)11(9)16/h3-7H,2,13H2,1H3,(H,14,16). The first-order chi connectivity index (χ1) is 8.15. The number of hydrogen-bond acceptors (Lipinski definition) is 3. The minimum absolute atomic E-state index is 0.0630. The summed E-state index contributed by atoms with van der Waals surface area (Å²) in [5, 5.41) is 1.50. The number of carbonyl (C=O) groups is 1. The maximum Gasteiger partial charge on any atom is 0.273 e. The van der Waals surface area contributed by atoms with Crippen LogP contribution in [0.3, 0.4) is 0 Å². The number of carbonyl (C=O) groups excluding carboxylic acids is 1. The fourth-order valence-corrected chi connectivity index (χ4v) is 1.62. The smallest absolute Gasteiger partial charge is 0.273 e. The molecule has 0 bridgehead atoms. The SMILES string of the molecule is CCN(N)C(=O)c1c[nH]c2ccccc2c1=O. The fourth-order valence-electron chi connectivity index (χ4n) is 1.62. The fraction of sp³-hybridized carbons (Fsp3) is 0.167. The lowest BCUT2D eigenvalue weighted by atomic mass is 10.1. The van der Waals surface area contributed by atoms with Gasteiger partial charge in [-0.05, 0) is 19.1 Å². The Labute approximate surface area is 97.8 Å². The van der Waals surface area contributed by atoms with Gasteiger partial charge >= 0.3 is 0 Å². The number of nitrogens with one attached hydrogen (secondary N) is 1. The molecule has 5 nitrogen and oxygen atoms in total. The Hall–Kier alpha value is -2.14. The lowest BCUT2D eigenvalue weighted by molar-refractivity contribution is 0.0763. The maximum atomic E-state index is 12.1. The van der Waals surface area contributed by atoms with Gasteiger partial charge in [-0.25, -0.2) is 5.84 Å². The van der Waals surface area contributed by atoms with Crippen LogP contribution in [0.1, 0.15) is 17.3 Å². The number of amides is 1. The van der Waals surface area contributed by atoms with Gasteiger partial charge in [0, 0.05) is 23.6 Å². The molecule has 0 saturated heterocycles. The Kier molecular flexibility index (Phi) is 2.93. The van der Waals surface area contributed by atoms with Gasteiger partial charge in [0.25, 0.3) is 5.91 Å². The minimum atomic E-state index is -0.473. The number of benzene rings is 1. The highest BCUT2D eigenvalue weighted by atomic mass is 16.2. The van der Waals surface area contributed by atoms with Crippen LogP contribution in [-0.4, -0.2) is 22.4 Å². The van der Waals surface area contributed by atoms with Gasteiger partial charge < -0.3 is 4.98 Å². The first-order valence-electron chi connectivity index (χ1n) is 5.32. The van der Waals surface area contributed by atoms with E-state index >= 15 is 0 Å². The van der Waals surface area contributed by atoms with Crippen molar-refractivity contribution in [3.05, 3.63) is 46.2 Å². The third-order valence-electron chi connectivity index (χ3n) is 2.62. The molecule has 0 aliphatic carbocycles. The predicted molar refractivity (Wildman–Crippen MR) is 65.5 cm³/mol. The second-order valence-corrected chi connectivity index (χ2v) is 3.67. The molecule has 1 amide bonds. The molecule has 0 spiro atoms. The zero-order valence-corrected chi connectivity index (χ0v) is 9.43. The van der Waals surface area contributed by atoms with E-state index in [1.165, 1.54) is 6.20 Å². The largest absolute Gasteiger partial charge is 0.360 e. The van der Waals surface area contributed by atoms with Crippen LogP contribution in [0.2, 0.25) is 0 Å². The summed E-state index contributed by atoms with van der Waals surface area (Å²) >= 11 is 0. The number of nitrogens with zero attached hydrogens (tertiary/aromatic N) is 1. The summed E-state index contributed by atoms with van der Waals surface area (Å²) in [6.45, 7) is 2.10. The van der Waals surface area contributed by atoms with Crippen LogP contribution in [-0.2, 0) is 0 Å². The molecular formula is C12H13N3O2. The van der Waals surface area contributed by atoms with Gasteiger partial charge in [-0.15, -0.1) is 0 Å². The summed E-state index contributed by atoms with van der Waals surface area (Å²) in [5.74, 6) is 5.02. The summed E-state index contributed by atoms with van der Waals surface area (Å²) in [6.07, 6.45) is 1.41. The molecule has 0 saturated carbocycles. The van der Waals surface area contributed by atoms with Crippen LogP contribution in [0.5, 0.6) is 0 Å². The molecule has 0 atom stereocenters. The summed E-state index contributed by atoms with van der Waals surface area (Å²) in [6, 6.07) is 7.04. The third kappa shape index (κ3) is 1.92. The highest BCUT2D eigenvalue weighted by Gasteiger charge is 2.15. The average molecular weight is 231 g/mol. The number of aromatic amines is 1. The number of H-pyrrole nitrogens is 1. The van der Waals surface area contributed by atoms with Crippen LogP contribution in [0.25, 0.3) is 10.9 Å². The first kappa shape index (κ1) is 11.3. The van der Waals surface area contributed by atoms with E-state index in [0.29, 0.717) is 17.4 Å². The van der Waals surface area contributed by atoms with Crippen LogP contribution in [0, 0.1) is 0 Å². The summed E-state index contributed by atoms with van der Waals surface area (Å²) < 4.78 is 0. The van der Waals surface area contributed by atoms with E-state index < -0.39 is 5.91 Å². The van der Waals surface area contributed by atoms with E-state index in [4.69, 9.17) is 5.84 Å². The second-order valence-electron chi connectivity index (χ2n) is 3.67. The molecule has 3 N–H and O–H groups in total. The minimum Gasteiger partial charge on any atom is -0.360 e. The van der Waals surface area contributed by atoms with E-state index in [1.807, 2.05) is 6.07 Å². The van der Waals surface area contributed by atoms with Gasteiger partial charge in [-0.2, -0.15) is 0 Å². The molecule has 17 heavy (non-hydrogen) atoms. The maximum absolute atomic E-state index is 12.1. The molecule has 1 aromatic carbocycles. The monoisotopic (exact) mass is 231 g/mol. The van der Waals surface area contributed by atoms with Crippen molar-refractivity contribution in [1.82, 2.24) is 9.99 Å². The van der Waals surface area contributed by atoms with Crippen molar-refractivity contribution in [2.24, 2.45) is 5.84 Å². The summed E-state index contributed by atoms with van der Waals surface area (Å²) in [4.78, 5) is 26.8. The molecule has 2 aromatic rings. The Balaban J connectivity index is 2.61. The first-order valence-corrected chi connectivity index (χ1v) is 5.32. The molecule has 2 rings (SSSR count). The molecule has 5 heteroatoms. The van der Waals surface area contributed by atoms with Gasteiger partial charge in [-0.1, -0.05) is 12.1 Å². The van der Waals surface area contributed by atoms with Crippen molar-refractivity contribution in [3.8, 4) is 0 Å². The second kappa shape index (κ2) is 4.39. The molecular weight excluding hydrogens is 218 g/mol. The lowest BCUT2D eigenvalue weighted by Gasteiger charge is -2.13. The Bertz CT molecular complexity index is 618. The zero-order chi connectivity index (χ0) is 12.4. The van der Waals surface area contributed by atoms with Gasteiger partial charge in [0.15, 0.2) is 0 Å². The van der Waals surface area contributed by atoms with Crippen LogP contribution >= 0.6 is 0 Å². The van der Waals surface area contributed by atoms with E-state index in [9.17, 15) is 9.59 Å². The van der Waals surface area contributed by atoms with Crippen molar-refractivity contribution in [1.29, 1.82) is 0 Å². The van der Waals surface area contributed by atoms with Gasteiger partial charge in [-0.3, -0.25) is 14.6 Å². The third-order valence-corrected chi connectivity index (χ3v) is 2.62. The summed E-state index contributed by atoms with van der Waals surface area (Å²) in [7, 11) is 0. The van der Waals surface area contributed by atoms with Crippen molar-refractivity contribution < 1.29 is 4.79 Å². The normalized spacial score (nSPS) is 10.5. The van der Waals surface area contributed by atoms with E-state index in [2.05, 4.69) is 4.98 Å². The topological polar surface area (TPSA) is 79.2 Å². The van der Waals surface area contributed by atoms with Crippen LogP contribution in [0.15, 0.2) is 35.3 Å². The van der Waals surface area contributed by atoms with Gasteiger partial charge in [0.1, 0.15) is 5.56 Å². The predicted octanol–water partition coefficient (Wildman–Crippen LogP) is 0.864. The molecule has 1 heterocycles. The molecule has 1 aromatic heterocycles. The number of pyridine rings is 1. The number of hydrogen-bond donors (Lipinski definition) is 2. The number of aromatic nitrogens is 1. The van der Waals surface area contributed by atoms with Gasteiger partial charge in [0.05, 0.1) is 0 Å². The molecule has 0 aliphatic heterocycles. The van der Waals surface area contributed by atoms with E-state index in [-0.39, 0.29) is 11.0 Å². The van der Waals surface area contributed by atoms with Crippen molar-refractivity contribution in [2.75, 3.05) is 6.54 Å². The van der Waals surface area contributed by atoms with Crippen molar-refractivity contribution >= 4 is 16.8 Å². The Morgan fingerprint density at radius 2 is 2.12 bits per heavy atom. The number of nitrogens with two attached hydrogens (primary N) is 1. The van der Waals surface area contributed by atoms with Crippen molar-refractivity contribution in [2.45, 2.75) is 6.92 Å². The van der Waals surface area contributed by atoms with Crippen LogP contribution < -0.4 is 11.3 Å². The number of fused-ring (bicyclic) bond motifs is 1. The lowest BCUT2D eigenvalue weighted by Crippen LogP contribution is -2.39. The quantitative estimate of drug-likeness (QED) is 0.457. The highest BCUT2D eigenvalue weighted by molar-refractivity contribution is 5.96. The Morgan fingerprint density at radius 3 is 2.82 bits per heavy atom. The van der Waals surface area contributed by atoms with E-state index in [0.717, 1.165) is 5.01 Å². The highest BCUT2D eigenvalue weighted by Crippen LogP contribution is 2.07. The van der Waals surface area contributed by atoms with Gasteiger partial charge in [0.2, 0.25) is 5.43 Å². The molecule has 0 fully saturated rings. The van der Waals surface area contributed by atoms with E-state index in [1.54, 1.807) is 25.1 Å². The number of para-hydroxylation sites is 1. The molecule has 0 radical (unpaired) electrons. The summed E-state index contributed by atoms with van der Waals surface area (Å²) in [5.41, 5.74) is 0.468. The zero-order valence-electron chi connectivity index (χ0n) is 9.43. The van der Waals surface area contributed by atoms with Crippen molar-refractivity contribution in [3.63, 3.8) is 0 Å². The molecule has 88 valence electrons. The molecule has 0 aliphatic rings. The average Bonchev–Trinajstić information content (AvgIpc) is 2.38. The Morgan fingerprint density at radius 1 is 1.41 bits per heavy atom. The van der Waals surface area contributed by atoms with Crippen LogP contribution in [0.4, 0.5) is 0 Å². The number of rotatable bonds is 2. The number of hydrazine groups is 1. The molecule has 0 unspecified atom stereocenters.